The van der Waals surface area contributed by atoms with Crippen LogP contribution >= 0.6 is 7.82 Å². The van der Waals surface area contributed by atoms with Gasteiger partial charge in [-0.15, -0.1) is 0 Å². The number of amides is 1. The quantitative estimate of drug-likeness (QED) is 0.256. The Kier molecular flexibility index (Phi) is 3.74. The minimum absolute atomic E-state index is 0.158. The molecule has 4 aliphatic rings. The lowest BCUT2D eigenvalue weighted by atomic mass is 10.1. The van der Waals surface area contributed by atoms with Crippen LogP contribution in [0.3, 0.4) is 0 Å². The Balaban J connectivity index is 1.53. The molecule has 1 amide bonds. The van der Waals surface area contributed by atoms with E-state index in [4.69, 9.17) is 19.5 Å². The van der Waals surface area contributed by atoms with Gasteiger partial charge in [-0.25, -0.2) is 9.46 Å². The highest BCUT2D eigenvalue weighted by molar-refractivity contribution is 7.47. The van der Waals surface area contributed by atoms with Crippen molar-refractivity contribution in [3.63, 3.8) is 0 Å². The fourth-order valence-electron chi connectivity index (χ4n) is 3.36. The molecule has 130 valence electrons. The maximum atomic E-state index is 11.9. The van der Waals surface area contributed by atoms with E-state index in [-0.39, 0.29) is 19.2 Å². The molecule has 7 N–H and O–H groups in total. The second-order valence-electron chi connectivity index (χ2n) is 5.84. The summed E-state index contributed by atoms with van der Waals surface area (Å²) in [6.45, 7) is 0.107. The van der Waals surface area contributed by atoms with Crippen LogP contribution < -0.4 is 21.7 Å². The summed E-state index contributed by atoms with van der Waals surface area (Å²) < 4.78 is 26.8. The standard InChI is InChI=1S/C10H18N5O7P/c11-10-13-7-4(8(17)14-10)12-2-15(7)9-5(16)6-3(21-9)1-20-23(18,19)22-6/h3-7,9-10,12-13,16H,1-2,11H2,(H,14,17)(H,18,19)/t3-,4?,5-,6-,7?,9-,10?/m1/s1. The van der Waals surface area contributed by atoms with E-state index in [0.717, 1.165) is 0 Å². The van der Waals surface area contributed by atoms with Crippen molar-refractivity contribution in [2.45, 2.75) is 43.0 Å². The van der Waals surface area contributed by atoms with Crippen molar-refractivity contribution < 1.29 is 33.1 Å². The third-order valence-corrected chi connectivity index (χ3v) is 5.38. The first-order valence-electron chi connectivity index (χ1n) is 7.16. The van der Waals surface area contributed by atoms with Crippen LogP contribution in [0, 0.1) is 0 Å². The predicted octanol–water partition coefficient (Wildman–Crippen LogP) is -3.89. The second kappa shape index (κ2) is 5.43. The molecule has 0 aliphatic carbocycles. The van der Waals surface area contributed by atoms with Gasteiger partial charge in [-0.2, -0.15) is 0 Å². The number of carbonyl (C=O) groups is 1. The Morgan fingerprint density at radius 3 is 3.00 bits per heavy atom. The number of carbonyl (C=O) groups excluding carboxylic acids is 1. The van der Waals surface area contributed by atoms with Crippen molar-refractivity contribution in [2.24, 2.45) is 5.73 Å². The molecule has 4 unspecified atom stereocenters. The first kappa shape index (κ1) is 15.8. The van der Waals surface area contributed by atoms with Gasteiger partial charge in [0.1, 0.15) is 36.9 Å². The lowest BCUT2D eigenvalue weighted by molar-refractivity contribution is -0.133. The highest BCUT2D eigenvalue weighted by Gasteiger charge is 2.56. The van der Waals surface area contributed by atoms with Gasteiger partial charge < -0.3 is 20.1 Å². The number of phosphoric ester groups is 1. The molecule has 23 heavy (non-hydrogen) atoms. The van der Waals surface area contributed by atoms with Crippen molar-refractivity contribution in [3.05, 3.63) is 0 Å². The van der Waals surface area contributed by atoms with Crippen molar-refractivity contribution >= 4 is 13.7 Å². The highest BCUT2D eigenvalue weighted by atomic mass is 31.2. The maximum Gasteiger partial charge on any atom is 0.472 e. The van der Waals surface area contributed by atoms with E-state index in [9.17, 15) is 19.4 Å². The Morgan fingerprint density at radius 1 is 1.43 bits per heavy atom. The normalized spacial score (nSPS) is 53.7. The molecule has 0 saturated carbocycles. The molecule has 0 aromatic heterocycles. The van der Waals surface area contributed by atoms with E-state index in [1.807, 2.05) is 0 Å². The van der Waals surface area contributed by atoms with Gasteiger partial charge >= 0.3 is 7.82 Å². The zero-order valence-corrected chi connectivity index (χ0v) is 12.8. The van der Waals surface area contributed by atoms with Gasteiger partial charge in [0.05, 0.1) is 19.4 Å². The van der Waals surface area contributed by atoms with E-state index in [0.29, 0.717) is 0 Å². The minimum Gasteiger partial charge on any atom is -0.386 e. The number of nitrogens with two attached hydrogens (primary N) is 1. The van der Waals surface area contributed by atoms with Gasteiger partial charge in [-0.1, -0.05) is 0 Å². The highest BCUT2D eigenvalue weighted by Crippen LogP contribution is 2.51. The molecular weight excluding hydrogens is 333 g/mol. The molecule has 0 bridgehead atoms. The Bertz CT molecular complexity index is 566. The minimum atomic E-state index is -4.17. The average Bonchev–Trinajstić information content (AvgIpc) is 3.00. The average molecular weight is 351 g/mol. The maximum absolute atomic E-state index is 11.9. The molecule has 4 saturated heterocycles. The Morgan fingerprint density at radius 2 is 2.22 bits per heavy atom. The molecule has 0 aromatic rings. The summed E-state index contributed by atoms with van der Waals surface area (Å²) in [5.41, 5.74) is 5.71. The zero-order valence-electron chi connectivity index (χ0n) is 11.9. The Hall–Kier alpha value is -0.660. The molecule has 4 rings (SSSR count). The van der Waals surface area contributed by atoms with Gasteiger partial charge in [0.15, 0.2) is 0 Å². The first-order chi connectivity index (χ1) is 10.9. The lowest BCUT2D eigenvalue weighted by Gasteiger charge is -2.37. The van der Waals surface area contributed by atoms with Crippen LogP contribution in [0.1, 0.15) is 0 Å². The van der Waals surface area contributed by atoms with Crippen LogP contribution in [0.4, 0.5) is 0 Å². The van der Waals surface area contributed by atoms with Gasteiger partial charge in [0.2, 0.25) is 5.91 Å². The molecule has 4 fully saturated rings. The summed E-state index contributed by atoms with van der Waals surface area (Å²) in [6, 6.07) is -0.547. The summed E-state index contributed by atoms with van der Waals surface area (Å²) in [5.74, 6) is -0.256. The molecule has 12 nitrogen and oxygen atoms in total. The monoisotopic (exact) mass is 351 g/mol. The number of ether oxygens (including phenoxy) is 1. The fourth-order valence-corrected chi connectivity index (χ4v) is 4.32. The number of hydrogen-bond donors (Lipinski definition) is 6. The summed E-state index contributed by atoms with van der Waals surface area (Å²) in [5, 5.41) is 19.0. The molecule has 13 heteroatoms. The van der Waals surface area contributed by atoms with Crippen molar-refractivity contribution in [1.82, 2.24) is 20.9 Å². The summed E-state index contributed by atoms with van der Waals surface area (Å²) in [6.07, 6.45) is -4.86. The molecular formula is C10H18N5O7P. The summed E-state index contributed by atoms with van der Waals surface area (Å²) >= 11 is 0. The second-order valence-corrected chi connectivity index (χ2v) is 7.25. The van der Waals surface area contributed by atoms with Gasteiger partial charge in [0.25, 0.3) is 0 Å². The largest absolute Gasteiger partial charge is 0.472 e. The molecule has 0 radical (unpaired) electrons. The van der Waals surface area contributed by atoms with Crippen molar-refractivity contribution in [1.29, 1.82) is 0 Å². The van der Waals surface area contributed by atoms with E-state index in [2.05, 4.69) is 16.0 Å². The number of nitrogens with one attached hydrogen (secondary N) is 3. The van der Waals surface area contributed by atoms with Gasteiger partial charge in [-0.3, -0.25) is 30.2 Å². The Labute approximate surface area is 130 Å². The van der Waals surface area contributed by atoms with E-state index in [1.165, 1.54) is 0 Å². The third kappa shape index (κ3) is 2.61. The van der Waals surface area contributed by atoms with Crippen LogP contribution in [0.2, 0.25) is 0 Å². The number of nitrogens with zero attached hydrogens (tertiary/aromatic N) is 1. The van der Waals surface area contributed by atoms with Crippen LogP contribution in [0.25, 0.3) is 0 Å². The number of phosphoric acid groups is 1. The molecule has 8 atom stereocenters. The smallest absolute Gasteiger partial charge is 0.386 e. The van der Waals surface area contributed by atoms with Crippen LogP contribution in [0.15, 0.2) is 0 Å². The predicted molar refractivity (Wildman–Crippen MR) is 72.0 cm³/mol. The number of fused-ring (bicyclic) bond motifs is 2. The van der Waals surface area contributed by atoms with E-state index < -0.39 is 50.9 Å². The van der Waals surface area contributed by atoms with Crippen molar-refractivity contribution in [3.8, 4) is 0 Å². The SMILES string of the molecule is NC1NC(=O)C2NCN([C@@H]3O[C@@H]4COP(=O)(O)O[C@H]4[C@H]3O)C2N1. The number of aliphatic hydroxyl groups is 1. The summed E-state index contributed by atoms with van der Waals surface area (Å²) in [4.78, 5) is 23.0. The molecule has 0 spiro atoms. The van der Waals surface area contributed by atoms with Gasteiger partial charge in [0, 0.05) is 0 Å². The van der Waals surface area contributed by atoms with Crippen LogP contribution in [-0.4, -0.2) is 77.1 Å². The molecule has 4 heterocycles. The lowest BCUT2D eigenvalue weighted by Crippen LogP contribution is -2.71. The molecule has 0 aromatic carbocycles. The zero-order chi connectivity index (χ0) is 16.4. The van der Waals surface area contributed by atoms with Crippen LogP contribution in [0.5, 0.6) is 0 Å². The third-order valence-electron chi connectivity index (χ3n) is 4.39. The van der Waals surface area contributed by atoms with Gasteiger partial charge in [-0.05, 0) is 0 Å². The number of rotatable bonds is 1. The first-order valence-corrected chi connectivity index (χ1v) is 8.66. The topological polar surface area (TPSA) is 168 Å². The fraction of sp³-hybridized carbons (Fsp3) is 0.900. The van der Waals surface area contributed by atoms with E-state index in [1.54, 1.807) is 4.90 Å². The number of aliphatic hydroxyl groups excluding tert-OH is 1. The van der Waals surface area contributed by atoms with Crippen molar-refractivity contribution in [2.75, 3.05) is 13.3 Å². The summed E-state index contributed by atoms with van der Waals surface area (Å²) in [7, 11) is -4.17. The number of hydrogen-bond acceptors (Lipinski definition) is 10. The molecule has 4 aliphatic heterocycles. The van der Waals surface area contributed by atoms with E-state index >= 15 is 0 Å². The van der Waals surface area contributed by atoms with Crippen LogP contribution in [-0.2, 0) is 23.1 Å².